The Bertz CT molecular complexity index is 586. The van der Waals surface area contributed by atoms with Crippen LogP contribution in [-0.2, 0) is 13.0 Å². The van der Waals surface area contributed by atoms with Crippen molar-refractivity contribution in [1.82, 2.24) is 5.32 Å². The molecular formula is C20H26N2. The molecule has 116 valence electrons. The Balaban J connectivity index is 0.000000188. The minimum Gasteiger partial charge on any atom is -0.398 e. The van der Waals surface area contributed by atoms with Crippen LogP contribution in [0, 0.1) is 5.92 Å². The van der Waals surface area contributed by atoms with E-state index < -0.39 is 0 Å². The van der Waals surface area contributed by atoms with E-state index in [2.05, 4.69) is 43.1 Å². The number of rotatable bonds is 5. The molecule has 3 N–H and O–H groups in total. The maximum absolute atomic E-state index is 5.83. The van der Waals surface area contributed by atoms with Crippen LogP contribution in [-0.4, -0.2) is 0 Å². The summed E-state index contributed by atoms with van der Waals surface area (Å²) in [5.41, 5.74) is 10.4. The topological polar surface area (TPSA) is 38.0 Å². The van der Waals surface area contributed by atoms with Crippen LogP contribution in [0.4, 0.5) is 5.69 Å². The van der Waals surface area contributed by atoms with Gasteiger partial charge in [-0.3, -0.25) is 0 Å². The van der Waals surface area contributed by atoms with Crippen molar-refractivity contribution in [2.45, 2.75) is 32.7 Å². The summed E-state index contributed by atoms with van der Waals surface area (Å²) in [5, 5.41) is 3.33. The lowest BCUT2D eigenvalue weighted by Crippen LogP contribution is -2.14. The second kappa shape index (κ2) is 8.28. The molecule has 1 aliphatic rings. The fourth-order valence-corrected chi connectivity index (χ4v) is 2.19. The van der Waals surface area contributed by atoms with Gasteiger partial charge in [0.15, 0.2) is 0 Å². The summed E-state index contributed by atoms with van der Waals surface area (Å²) >= 11 is 0. The molecule has 2 aromatic carbocycles. The second-order valence-corrected chi connectivity index (χ2v) is 5.69. The maximum atomic E-state index is 5.83. The minimum atomic E-state index is 0.708. The van der Waals surface area contributed by atoms with Crippen LogP contribution in [0.3, 0.4) is 0 Å². The van der Waals surface area contributed by atoms with Crippen LogP contribution in [0.15, 0.2) is 66.9 Å². The molecule has 3 rings (SSSR count). The van der Waals surface area contributed by atoms with Gasteiger partial charge in [0.25, 0.3) is 0 Å². The van der Waals surface area contributed by atoms with Crippen molar-refractivity contribution in [3.05, 3.63) is 78.0 Å². The van der Waals surface area contributed by atoms with Crippen molar-refractivity contribution in [3.63, 3.8) is 0 Å². The van der Waals surface area contributed by atoms with Gasteiger partial charge in [0.1, 0.15) is 0 Å². The Hall–Kier alpha value is -2.22. The summed E-state index contributed by atoms with van der Waals surface area (Å²) in [7, 11) is 0. The number of nitrogen functional groups attached to an aromatic ring is 1. The van der Waals surface area contributed by atoms with Crippen LogP contribution < -0.4 is 11.1 Å². The van der Waals surface area contributed by atoms with E-state index in [1.165, 1.54) is 18.4 Å². The first kappa shape index (κ1) is 16.2. The molecule has 2 aromatic rings. The smallest absolute Gasteiger partial charge is 0.0418 e. The third-order valence-electron chi connectivity index (χ3n) is 3.88. The highest BCUT2D eigenvalue weighted by Gasteiger charge is 2.24. The molecule has 0 amide bonds. The van der Waals surface area contributed by atoms with E-state index in [0.29, 0.717) is 5.92 Å². The highest BCUT2D eigenvalue weighted by molar-refractivity contribution is 5.46. The number of hydrogen-bond acceptors (Lipinski definition) is 2. The lowest BCUT2D eigenvalue weighted by molar-refractivity contribution is 0.748. The molecule has 2 nitrogen and oxygen atoms in total. The molecule has 2 heteroatoms. The number of hydrogen-bond donors (Lipinski definition) is 2. The second-order valence-electron chi connectivity index (χ2n) is 5.69. The first-order valence-electron chi connectivity index (χ1n) is 8.00. The molecule has 0 atom stereocenters. The lowest BCUT2D eigenvalue weighted by Gasteiger charge is -2.09. The first-order chi connectivity index (χ1) is 10.7. The highest BCUT2D eigenvalue weighted by Crippen LogP contribution is 2.34. The minimum absolute atomic E-state index is 0.708. The number of benzene rings is 2. The molecule has 22 heavy (non-hydrogen) atoms. The zero-order chi connectivity index (χ0) is 15.8. The standard InChI is InChI=1S/C12H16N2.C8H10/c1-9(10-6-7-10)14-8-11-4-2-3-5-12(11)13;1-2-8-6-4-3-5-7-8/h2-5,10,14H,1,6-8,13H2;3-7H,2H2,1H3. The molecular weight excluding hydrogens is 268 g/mol. The summed E-state index contributed by atoms with van der Waals surface area (Å²) < 4.78 is 0. The monoisotopic (exact) mass is 294 g/mol. The van der Waals surface area contributed by atoms with E-state index in [-0.39, 0.29) is 0 Å². The van der Waals surface area contributed by atoms with Gasteiger partial charge in [-0.1, -0.05) is 62.0 Å². The van der Waals surface area contributed by atoms with Gasteiger partial charge in [0.2, 0.25) is 0 Å². The van der Waals surface area contributed by atoms with Gasteiger partial charge >= 0.3 is 0 Å². The van der Waals surface area contributed by atoms with E-state index >= 15 is 0 Å². The van der Waals surface area contributed by atoms with Crippen molar-refractivity contribution >= 4 is 5.69 Å². The number of para-hydroxylation sites is 1. The summed E-state index contributed by atoms with van der Waals surface area (Å²) in [6.07, 6.45) is 3.72. The van der Waals surface area contributed by atoms with Gasteiger partial charge in [-0.05, 0) is 42.4 Å². The zero-order valence-electron chi connectivity index (χ0n) is 13.4. The fourth-order valence-electron chi connectivity index (χ4n) is 2.19. The van der Waals surface area contributed by atoms with Crippen LogP contribution in [0.5, 0.6) is 0 Å². The van der Waals surface area contributed by atoms with Gasteiger partial charge in [0.05, 0.1) is 0 Å². The first-order valence-corrected chi connectivity index (χ1v) is 8.00. The quantitative estimate of drug-likeness (QED) is 0.795. The molecule has 0 radical (unpaired) electrons. The Morgan fingerprint density at radius 2 is 1.73 bits per heavy atom. The molecule has 0 aliphatic heterocycles. The van der Waals surface area contributed by atoms with E-state index in [0.717, 1.165) is 29.9 Å². The van der Waals surface area contributed by atoms with E-state index in [1.807, 2.05) is 30.3 Å². The molecule has 0 bridgehead atoms. The number of nitrogens with one attached hydrogen (secondary N) is 1. The molecule has 0 aromatic heterocycles. The molecule has 1 saturated carbocycles. The molecule has 0 saturated heterocycles. The maximum Gasteiger partial charge on any atom is 0.0418 e. The van der Waals surface area contributed by atoms with Gasteiger partial charge < -0.3 is 11.1 Å². The van der Waals surface area contributed by atoms with Crippen LogP contribution >= 0.6 is 0 Å². The SMILES string of the molecule is C=C(NCc1ccccc1N)C1CC1.CCc1ccccc1. The zero-order valence-corrected chi connectivity index (χ0v) is 13.4. The Kier molecular flexibility index (Phi) is 6.08. The highest BCUT2D eigenvalue weighted by atomic mass is 14.9. The molecule has 1 fully saturated rings. The van der Waals surface area contributed by atoms with Crippen molar-refractivity contribution in [3.8, 4) is 0 Å². The van der Waals surface area contributed by atoms with Gasteiger partial charge in [-0.25, -0.2) is 0 Å². The molecule has 1 aliphatic carbocycles. The van der Waals surface area contributed by atoms with E-state index in [1.54, 1.807) is 0 Å². The Labute approximate surface area is 134 Å². The predicted molar refractivity (Wildman–Crippen MR) is 95.4 cm³/mol. The number of anilines is 1. The number of allylic oxidation sites excluding steroid dienone is 1. The summed E-state index contributed by atoms with van der Waals surface area (Å²) in [6, 6.07) is 18.4. The number of aryl methyl sites for hydroxylation is 1. The van der Waals surface area contributed by atoms with E-state index in [4.69, 9.17) is 5.73 Å². The summed E-state index contributed by atoms with van der Waals surface area (Å²) in [6.45, 7) is 6.97. The Morgan fingerprint density at radius 3 is 2.27 bits per heavy atom. The van der Waals surface area contributed by atoms with Gasteiger partial charge in [-0.2, -0.15) is 0 Å². The van der Waals surface area contributed by atoms with E-state index in [9.17, 15) is 0 Å². The van der Waals surface area contributed by atoms with Crippen molar-refractivity contribution in [1.29, 1.82) is 0 Å². The fraction of sp³-hybridized carbons (Fsp3) is 0.300. The lowest BCUT2D eigenvalue weighted by atomic mass is 10.2. The van der Waals surface area contributed by atoms with Crippen molar-refractivity contribution < 1.29 is 0 Å². The Morgan fingerprint density at radius 1 is 1.09 bits per heavy atom. The third kappa shape index (κ3) is 5.28. The number of nitrogens with two attached hydrogens (primary N) is 1. The van der Waals surface area contributed by atoms with Crippen LogP contribution in [0.25, 0.3) is 0 Å². The average molecular weight is 294 g/mol. The van der Waals surface area contributed by atoms with Crippen molar-refractivity contribution in [2.75, 3.05) is 5.73 Å². The predicted octanol–water partition coefficient (Wildman–Crippen LogP) is 4.53. The van der Waals surface area contributed by atoms with Gasteiger partial charge in [-0.15, -0.1) is 0 Å². The molecule has 0 heterocycles. The van der Waals surface area contributed by atoms with Crippen molar-refractivity contribution in [2.24, 2.45) is 5.92 Å². The largest absolute Gasteiger partial charge is 0.398 e. The average Bonchev–Trinajstić information content (AvgIpc) is 3.40. The van der Waals surface area contributed by atoms with Crippen LogP contribution in [0.2, 0.25) is 0 Å². The molecule has 0 unspecified atom stereocenters. The molecule has 0 spiro atoms. The normalized spacial score (nSPS) is 13.0. The summed E-state index contributed by atoms with van der Waals surface area (Å²) in [4.78, 5) is 0. The van der Waals surface area contributed by atoms with Gasteiger partial charge in [0, 0.05) is 17.9 Å². The third-order valence-corrected chi connectivity index (χ3v) is 3.88. The summed E-state index contributed by atoms with van der Waals surface area (Å²) in [5.74, 6) is 0.708. The van der Waals surface area contributed by atoms with Crippen LogP contribution in [0.1, 0.15) is 30.9 Å².